The van der Waals surface area contributed by atoms with E-state index in [0.717, 1.165) is 17.1 Å². The van der Waals surface area contributed by atoms with Crippen LogP contribution in [0.15, 0.2) is 54.6 Å². The average Bonchev–Trinajstić information content (AvgIpc) is 2.80. The van der Waals surface area contributed by atoms with E-state index >= 15 is 0 Å². The first kappa shape index (κ1) is 21.7. The second-order valence-corrected chi connectivity index (χ2v) is 8.16. The number of benzene rings is 2. The number of carbonyl (C=O) groups excluding carboxylic acids is 1. The van der Waals surface area contributed by atoms with Gasteiger partial charge in [-0.1, -0.05) is 59.1 Å². The molecule has 1 aliphatic rings. The van der Waals surface area contributed by atoms with E-state index in [2.05, 4.69) is 15.1 Å². The number of anilines is 1. The van der Waals surface area contributed by atoms with Gasteiger partial charge in [0.1, 0.15) is 10.8 Å². The SMILES string of the molecule is O=C(COc1cccc(Cl)c1Cl)N1CCN(c2ccc(-c3ccccc3Cl)nn2)CC1. The zero-order valence-electron chi connectivity index (χ0n) is 16.5. The zero-order valence-corrected chi connectivity index (χ0v) is 18.7. The predicted molar refractivity (Wildman–Crippen MR) is 123 cm³/mol. The van der Waals surface area contributed by atoms with Gasteiger partial charge in [0.15, 0.2) is 12.4 Å². The molecule has 1 fully saturated rings. The Morgan fingerprint density at radius 2 is 1.61 bits per heavy atom. The summed E-state index contributed by atoms with van der Waals surface area (Å²) in [5.74, 6) is 1.07. The molecule has 0 N–H and O–H groups in total. The summed E-state index contributed by atoms with van der Waals surface area (Å²) in [4.78, 5) is 16.4. The summed E-state index contributed by atoms with van der Waals surface area (Å²) in [6.45, 7) is 2.36. The van der Waals surface area contributed by atoms with Gasteiger partial charge in [-0.05, 0) is 30.3 Å². The van der Waals surface area contributed by atoms with E-state index in [1.54, 1.807) is 23.1 Å². The fraction of sp³-hybridized carbons (Fsp3) is 0.227. The number of piperazine rings is 1. The van der Waals surface area contributed by atoms with Crippen LogP contribution >= 0.6 is 34.8 Å². The van der Waals surface area contributed by atoms with Gasteiger partial charge in [0.2, 0.25) is 0 Å². The maximum atomic E-state index is 12.5. The van der Waals surface area contributed by atoms with E-state index in [0.29, 0.717) is 47.0 Å². The Kier molecular flexibility index (Phi) is 6.80. The standard InChI is InChI=1S/C22H19Cl3N4O2/c23-16-5-2-1-4-15(16)18-8-9-20(27-26-18)28-10-12-29(13-11-28)21(30)14-31-19-7-3-6-17(24)22(19)25/h1-9H,10-14H2. The number of halogens is 3. The highest BCUT2D eigenvalue weighted by atomic mass is 35.5. The van der Waals surface area contributed by atoms with E-state index in [9.17, 15) is 4.79 Å². The lowest BCUT2D eigenvalue weighted by atomic mass is 10.1. The molecule has 0 aliphatic carbocycles. The fourth-order valence-electron chi connectivity index (χ4n) is 3.32. The highest BCUT2D eigenvalue weighted by Crippen LogP contribution is 2.31. The molecule has 2 heterocycles. The third-order valence-electron chi connectivity index (χ3n) is 5.02. The van der Waals surface area contributed by atoms with Gasteiger partial charge in [0.25, 0.3) is 5.91 Å². The van der Waals surface area contributed by atoms with Crippen molar-refractivity contribution >= 4 is 46.5 Å². The Morgan fingerprint density at radius 3 is 2.32 bits per heavy atom. The van der Waals surface area contributed by atoms with Crippen LogP contribution in [0, 0.1) is 0 Å². The minimum atomic E-state index is -0.101. The van der Waals surface area contributed by atoms with Crippen LogP contribution in [0.25, 0.3) is 11.3 Å². The van der Waals surface area contributed by atoms with E-state index < -0.39 is 0 Å². The van der Waals surface area contributed by atoms with E-state index in [-0.39, 0.29) is 12.5 Å². The van der Waals surface area contributed by atoms with Crippen molar-refractivity contribution in [1.82, 2.24) is 15.1 Å². The van der Waals surface area contributed by atoms with Crippen molar-refractivity contribution in [2.75, 3.05) is 37.7 Å². The van der Waals surface area contributed by atoms with Gasteiger partial charge < -0.3 is 14.5 Å². The maximum Gasteiger partial charge on any atom is 0.260 e. The number of ether oxygens (including phenoxy) is 1. The number of carbonyl (C=O) groups is 1. The predicted octanol–water partition coefficient (Wildman–Crippen LogP) is 4.83. The maximum absolute atomic E-state index is 12.5. The largest absolute Gasteiger partial charge is 0.482 e. The van der Waals surface area contributed by atoms with Gasteiger partial charge in [0.05, 0.1) is 15.7 Å². The molecule has 0 atom stereocenters. The van der Waals surface area contributed by atoms with Crippen molar-refractivity contribution in [2.24, 2.45) is 0 Å². The zero-order chi connectivity index (χ0) is 21.8. The van der Waals surface area contributed by atoms with Gasteiger partial charge >= 0.3 is 0 Å². The summed E-state index contributed by atoms with van der Waals surface area (Å²) in [7, 11) is 0. The summed E-state index contributed by atoms with van der Waals surface area (Å²) >= 11 is 18.3. The van der Waals surface area contributed by atoms with Crippen molar-refractivity contribution < 1.29 is 9.53 Å². The van der Waals surface area contributed by atoms with Crippen LogP contribution < -0.4 is 9.64 Å². The molecule has 0 saturated carbocycles. The van der Waals surface area contributed by atoms with Crippen molar-refractivity contribution in [3.05, 3.63) is 69.7 Å². The van der Waals surface area contributed by atoms with Crippen LogP contribution in [0.4, 0.5) is 5.82 Å². The summed E-state index contributed by atoms with van der Waals surface area (Å²) in [5, 5.41) is 10.00. The van der Waals surface area contributed by atoms with Crippen molar-refractivity contribution in [3.8, 4) is 17.0 Å². The first-order chi connectivity index (χ1) is 15.0. The summed E-state index contributed by atoms with van der Waals surface area (Å²) < 4.78 is 5.55. The molecule has 0 bridgehead atoms. The molecule has 0 spiro atoms. The van der Waals surface area contributed by atoms with Crippen LogP contribution in [-0.4, -0.2) is 53.8 Å². The van der Waals surface area contributed by atoms with Crippen LogP contribution in [0.3, 0.4) is 0 Å². The lowest BCUT2D eigenvalue weighted by molar-refractivity contribution is -0.133. The molecule has 4 rings (SSSR count). The molecular weight excluding hydrogens is 459 g/mol. The van der Waals surface area contributed by atoms with E-state index in [1.165, 1.54) is 0 Å². The molecule has 9 heteroatoms. The summed E-state index contributed by atoms with van der Waals surface area (Å²) in [5.41, 5.74) is 1.57. The van der Waals surface area contributed by atoms with Crippen LogP contribution in [0.5, 0.6) is 5.75 Å². The average molecular weight is 478 g/mol. The van der Waals surface area contributed by atoms with Gasteiger partial charge in [-0.15, -0.1) is 10.2 Å². The molecule has 1 amide bonds. The number of nitrogens with zero attached hydrogens (tertiary/aromatic N) is 4. The molecule has 6 nitrogen and oxygen atoms in total. The highest BCUT2D eigenvalue weighted by molar-refractivity contribution is 6.42. The minimum Gasteiger partial charge on any atom is -0.482 e. The van der Waals surface area contributed by atoms with Crippen molar-refractivity contribution in [3.63, 3.8) is 0 Å². The normalized spacial score (nSPS) is 13.9. The minimum absolute atomic E-state index is 0.0909. The van der Waals surface area contributed by atoms with Crippen molar-refractivity contribution in [2.45, 2.75) is 0 Å². The Bertz CT molecular complexity index is 1070. The molecule has 3 aromatic rings. The van der Waals surface area contributed by atoms with Gasteiger partial charge in [0, 0.05) is 31.7 Å². The second-order valence-electron chi connectivity index (χ2n) is 6.97. The molecule has 1 aliphatic heterocycles. The van der Waals surface area contributed by atoms with E-state index in [1.807, 2.05) is 36.4 Å². The van der Waals surface area contributed by atoms with Gasteiger partial charge in [-0.3, -0.25) is 4.79 Å². The Labute approximate surface area is 195 Å². The molecule has 1 aromatic heterocycles. The highest BCUT2D eigenvalue weighted by Gasteiger charge is 2.23. The Balaban J connectivity index is 1.31. The first-order valence-electron chi connectivity index (χ1n) is 9.71. The van der Waals surface area contributed by atoms with Crippen LogP contribution in [-0.2, 0) is 4.79 Å². The Morgan fingerprint density at radius 1 is 0.871 bits per heavy atom. The Hall–Kier alpha value is -2.54. The fourth-order valence-corrected chi connectivity index (χ4v) is 3.90. The smallest absolute Gasteiger partial charge is 0.260 e. The molecule has 1 saturated heterocycles. The number of rotatable bonds is 5. The number of aromatic nitrogens is 2. The van der Waals surface area contributed by atoms with Crippen LogP contribution in [0.2, 0.25) is 15.1 Å². The molecule has 160 valence electrons. The second kappa shape index (κ2) is 9.73. The molecule has 31 heavy (non-hydrogen) atoms. The lowest BCUT2D eigenvalue weighted by Gasteiger charge is -2.35. The summed E-state index contributed by atoms with van der Waals surface area (Å²) in [6.07, 6.45) is 0. The number of hydrogen-bond acceptors (Lipinski definition) is 5. The number of amides is 1. The van der Waals surface area contributed by atoms with Crippen molar-refractivity contribution in [1.29, 1.82) is 0 Å². The third kappa shape index (κ3) is 5.03. The topological polar surface area (TPSA) is 58.6 Å². The van der Waals surface area contributed by atoms with E-state index in [4.69, 9.17) is 39.5 Å². The first-order valence-corrected chi connectivity index (χ1v) is 10.8. The molecule has 2 aromatic carbocycles. The molecule has 0 unspecified atom stereocenters. The molecular formula is C22H19Cl3N4O2. The van der Waals surface area contributed by atoms with Gasteiger partial charge in [-0.2, -0.15) is 0 Å². The quantitative estimate of drug-likeness (QED) is 0.527. The molecule has 0 radical (unpaired) electrons. The lowest BCUT2D eigenvalue weighted by Crippen LogP contribution is -2.50. The van der Waals surface area contributed by atoms with Crippen LogP contribution in [0.1, 0.15) is 0 Å². The summed E-state index contributed by atoms with van der Waals surface area (Å²) in [6, 6.07) is 16.4. The van der Waals surface area contributed by atoms with Gasteiger partial charge in [-0.25, -0.2) is 0 Å². The third-order valence-corrected chi connectivity index (χ3v) is 6.16. The number of hydrogen-bond donors (Lipinski definition) is 0. The monoisotopic (exact) mass is 476 g/mol.